The Morgan fingerprint density at radius 1 is 1.17 bits per heavy atom. The van der Waals surface area contributed by atoms with Crippen molar-refractivity contribution in [2.24, 2.45) is 0 Å². The molecule has 7 heteroatoms. The molecule has 0 aliphatic heterocycles. The van der Waals surface area contributed by atoms with Gasteiger partial charge in [0, 0.05) is 16.7 Å². The molecule has 2 aromatic heterocycles. The lowest BCUT2D eigenvalue weighted by molar-refractivity contribution is 0.324. The average molecular weight is 445 g/mol. The van der Waals surface area contributed by atoms with Gasteiger partial charge in [-0.15, -0.1) is 11.3 Å². The van der Waals surface area contributed by atoms with Crippen LogP contribution in [0.3, 0.4) is 0 Å². The molecule has 158 valence electrons. The Bertz CT molecular complexity index is 1120. The van der Waals surface area contributed by atoms with Crippen molar-refractivity contribution < 1.29 is 9.13 Å². The lowest BCUT2D eigenvalue weighted by Crippen LogP contribution is -2.27. The van der Waals surface area contributed by atoms with Crippen molar-refractivity contribution in [3.05, 3.63) is 50.9 Å². The quantitative estimate of drug-likeness (QED) is 0.275. The minimum Gasteiger partial charge on any atom is -0.490 e. The van der Waals surface area contributed by atoms with Gasteiger partial charge in [0.2, 0.25) is 0 Å². The third-order valence-corrected chi connectivity index (χ3v) is 8.19. The SMILES string of the molecule is O=c1c2c3c(sc2nc(SCCOc2ccccc2F)n1C1CCCC1)CCCC3. The number of thioether (sulfide) groups is 1. The van der Waals surface area contributed by atoms with Crippen LogP contribution in [0.2, 0.25) is 0 Å². The van der Waals surface area contributed by atoms with E-state index in [1.54, 1.807) is 41.3 Å². The molecular formula is C23H25FN2O2S2. The predicted octanol–water partition coefficient (Wildman–Crippen LogP) is 5.76. The summed E-state index contributed by atoms with van der Waals surface area (Å²) in [6, 6.07) is 6.68. The maximum Gasteiger partial charge on any atom is 0.263 e. The van der Waals surface area contributed by atoms with E-state index in [2.05, 4.69) is 0 Å². The number of thiophene rings is 1. The van der Waals surface area contributed by atoms with Crippen molar-refractivity contribution >= 4 is 33.3 Å². The average Bonchev–Trinajstić information content (AvgIpc) is 3.40. The third kappa shape index (κ3) is 3.78. The summed E-state index contributed by atoms with van der Waals surface area (Å²) < 4.78 is 21.3. The first-order chi connectivity index (χ1) is 14.7. The minimum absolute atomic E-state index is 0.142. The van der Waals surface area contributed by atoms with Crippen molar-refractivity contribution in [1.29, 1.82) is 0 Å². The zero-order valence-electron chi connectivity index (χ0n) is 16.9. The molecule has 1 saturated carbocycles. The van der Waals surface area contributed by atoms with Crippen LogP contribution in [0.5, 0.6) is 5.75 Å². The number of hydrogen-bond acceptors (Lipinski definition) is 5. The fourth-order valence-corrected chi connectivity index (χ4v) is 6.82. The fourth-order valence-electron chi connectivity index (χ4n) is 4.63. The van der Waals surface area contributed by atoms with Gasteiger partial charge in [-0.25, -0.2) is 9.37 Å². The van der Waals surface area contributed by atoms with E-state index >= 15 is 0 Å². The van der Waals surface area contributed by atoms with Crippen LogP contribution >= 0.6 is 23.1 Å². The highest BCUT2D eigenvalue weighted by Crippen LogP contribution is 2.37. The molecule has 2 aliphatic carbocycles. The van der Waals surface area contributed by atoms with E-state index in [4.69, 9.17) is 9.72 Å². The molecule has 0 N–H and O–H groups in total. The highest BCUT2D eigenvalue weighted by Gasteiger charge is 2.26. The van der Waals surface area contributed by atoms with Crippen molar-refractivity contribution in [3.63, 3.8) is 0 Å². The van der Waals surface area contributed by atoms with Crippen LogP contribution < -0.4 is 10.3 Å². The molecule has 3 aromatic rings. The van der Waals surface area contributed by atoms with Crippen molar-refractivity contribution in [3.8, 4) is 5.75 Å². The number of rotatable bonds is 6. The first kappa shape index (κ1) is 20.1. The Hall–Kier alpha value is -1.86. The summed E-state index contributed by atoms with van der Waals surface area (Å²) in [6.07, 6.45) is 8.83. The van der Waals surface area contributed by atoms with Crippen LogP contribution in [0, 0.1) is 5.82 Å². The minimum atomic E-state index is -0.353. The molecule has 0 saturated heterocycles. The molecule has 2 heterocycles. The first-order valence-corrected chi connectivity index (χ1v) is 12.6. The number of benzene rings is 1. The second-order valence-electron chi connectivity index (χ2n) is 8.03. The van der Waals surface area contributed by atoms with Gasteiger partial charge in [-0.1, -0.05) is 36.7 Å². The van der Waals surface area contributed by atoms with Gasteiger partial charge in [-0.3, -0.25) is 9.36 Å². The number of aromatic nitrogens is 2. The van der Waals surface area contributed by atoms with E-state index in [1.165, 1.54) is 22.9 Å². The summed E-state index contributed by atoms with van der Waals surface area (Å²) in [7, 11) is 0. The first-order valence-electron chi connectivity index (χ1n) is 10.8. The van der Waals surface area contributed by atoms with Gasteiger partial charge in [0.15, 0.2) is 16.7 Å². The largest absolute Gasteiger partial charge is 0.490 e. The van der Waals surface area contributed by atoms with Crippen molar-refractivity contribution in [2.75, 3.05) is 12.4 Å². The van der Waals surface area contributed by atoms with Crippen molar-refractivity contribution in [2.45, 2.75) is 62.6 Å². The lowest BCUT2D eigenvalue weighted by atomic mass is 9.97. The summed E-state index contributed by atoms with van der Waals surface area (Å²) in [6.45, 7) is 0.366. The molecule has 30 heavy (non-hydrogen) atoms. The summed E-state index contributed by atoms with van der Waals surface area (Å²) in [5.41, 5.74) is 1.40. The highest BCUT2D eigenvalue weighted by molar-refractivity contribution is 7.99. The van der Waals surface area contributed by atoms with E-state index in [-0.39, 0.29) is 23.2 Å². The standard InChI is InChI=1S/C23H25FN2O2S2/c24-17-10-4-5-11-18(17)28-13-14-29-23-25-21-20(16-9-3-6-12-19(16)30-21)22(27)26(23)15-7-1-2-8-15/h4-5,10-11,15H,1-3,6-9,12-14H2. The van der Waals surface area contributed by atoms with E-state index in [1.807, 2.05) is 4.57 Å². The molecule has 2 aliphatic rings. The number of fused-ring (bicyclic) bond motifs is 3. The van der Waals surface area contributed by atoms with Crippen LogP contribution in [0.4, 0.5) is 4.39 Å². The summed E-state index contributed by atoms with van der Waals surface area (Å²) in [5, 5.41) is 1.66. The van der Waals surface area contributed by atoms with Gasteiger partial charge >= 0.3 is 0 Å². The van der Waals surface area contributed by atoms with E-state index in [9.17, 15) is 9.18 Å². The van der Waals surface area contributed by atoms with Crippen LogP contribution in [-0.4, -0.2) is 21.9 Å². The monoisotopic (exact) mass is 444 g/mol. The number of aryl methyl sites for hydroxylation is 2. The van der Waals surface area contributed by atoms with Gasteiger partial charge in [0.05, 0.1) is 12.0 Å². The number of ether oxygens (including phenoxy) is 1. The Labute approximate surface area is 183 Å². The molecule has 0 bridgehead atoms. The number of nitrogens with zero attached hydrogens (tertiary/aromatic N) is 2. The van der Waals surface area contributed by atoms with E-state index < -0.39 is 0 Å². The molecular weight excluding hydrogens is 419 g/mol. The Balaban J connectivity index is 1.43. The molecule has 0 atom stereocenters. The summed E-state index contributed by atoms with van der Waals surface area (Å²) in [5.74, 6) is 0.527. The molecule has 4 nitrogen and oxygen atoms in total. The maximum atomic E-state index is 13.8. The molecule has 1 fully saturated rings. The Kier molecular flexibility index (Phi) is 5.83. The fraction of sp³-hybridized carbons (Fsp3) is 0.478. The van der Waals surface area contributed by atoms with Crippen LogP contribution in [0.15, 0.2) is 34.2 Å². The molecule has 0 radical (unpaired) electrons. The molecule has 1 aromatic carbocycles. The summed E-state index contributed by atoms with van der Waals surface area (Å²) >= 11 is 3.24. The predicted molar refractivity (Wildman–Crippen MR) is 121 cm³/mol. The highest BCUT2D eigenvalue weighted by atomic mass is 32.2. The molecule has 5 rings (SSSR count). The number of hydrogen-bond donors (Lipinski definition) is 0. The van der Waals surface area contributed by atoms with Gasteiger partial charge in [-0.2, -0.15) is 0 Å². The van der Waals surface area contributed by atoms with Gasteiger partial charge in [0.1, 0.15) is 4.83 Å². The van der Waals surface area contributed by atoms with Crippen LogP contribution in [0.1, 0.15) is 55.0 Å². The smallest absolute Gasteiger partial charge is 0.263 e. The van der Waals surface area contributed by atoms with Crippen LogP contribution in [0.25, 0.3) is 10.2 Å². The Morgan fingerprint density at radius 3 is 2.80 bits per heavy atom. The second-order valence-corrected chi connectivity index (χ2v) is 10.2. The van der Waals surface area contributed by atoms with E-state index in [0.29, 0.717) is 12.4 Å². The van der Waals surface area contributed by atoms with Crippen LogP contribution in [-0.2, 0) is 12.8 Å². The molecule has 0 spiro atoms. The zero-order chi connectivity index (χ0) is 20.5. The van der Waals surface area contributed by atoms with E-state index in [0.717, 1.165) is 60.3 Å². The Morgan fingerprint density at radius 2 is 1.97 bits per heavy atom. The lowest BCUT2D eigenvalue weighted by Gasteiger charge is -2.18. The topological polar surface area (TPSA) is 44.1 Å². The van der Waals surface area contributed by atoms with Gasteiger partial charge in [0.25, 0.3) is 5.56 Å². The van der Waals surface area contributed by atoms with Gasteiger partial charge < -0.3 is 4.74 Å². The third-order valence-electron chi connectivity index (χ3n) is 6.09. The second kappa shape index (κ2) is 8.71. The normalized spacial score (nSPS) is 16.8. The van der Waals surface area contributed by atoms with Gasteiger partial charge in [-0.05, 0) is 56.2 Å². The molecule has 0 unspecified atom stereocenters. The maximum absolute atomic E-state index is 13.8. The number of para-hydroxylation sites is 1. The molecule has 0 amide bonds. The number of halogens is 1. The van der Waals surface area contributed by atoms with Crippen molar-refractivity contribution in [1.82, 2.24) is 9.55 Å². The zero-order valence-corrected chi connectivity index (χ0v) is 18.5. The summed E-state index contributed by atoms with van der Waals surface area (Å²) in [4.78, 5) is 20.8.